The van der Waals surface area contributed by atoms with Gasteiger partial charge in [0.1, 0.15) is 0 Å². The number of oxime groups is 1. The minimum absolute atomic E-state index is 0.189. The topological polar surface area (TPSA) is 78.0 Å². The number of nitrogens with two attached hydrogens (primary N) is 1. The van der Waals surface area contributed by atoms with Crippen LogP contribution in [0.4, 0.5) is 5.13 Å². The Bertz CT molecular complexity index is 331. The lowest BCUT2D eigenvalue weighted by Crippen LogP contribution is -2.51. The van der Waals surface area contributed by atoms with E-state index in [-0.39, 0.29) is 5.96 Å². The van der Waals surface area contributed by atoms with Crippen LogP contribution in [0, 0.1) is 0 Å². The zero-order valence-corrected chi connectivity index (χ0v) is 9.02. The summed E-state index contributed by atoms with van der Waals surface area (Å²) in [5, 5.41) is 14.5. The fourth-order valence-electron chi connectivity index (χ4n) is 1.56. The van der Waals surface area contributed by atoms with E-state index < -0.39 is 0 Å². The van der Waals surface area contributed by atoms with Crippen molar-refractivity contribution in [2.24, 2.45) is 10.9 Å². The van der Waals surface area contributed by atoms with Crippen LogP contribution in [0.15, 0.2) is 16.7 Å². The summed E-state index contributed by atoms with van der Waals surface area (Å²) in [4.78, 5) is 8.30. The van der Waals surface area contributed by atoms with Gasteiger partial charge in [0.25, 0.3) is 0 Å². The predicted molar refractivity (Wildman–Crippen MR) is 59.3 cm³/mol. The van der Waals surface area contributed by atoms with Crippen molar-refractivity contribution in [2.75, 3.05) is 31.1 Å². The molecule has 3 N–H and O–H groups in total. The molecule has 1 aliphatic heterocycles. The molecule has 0 aliphatic carbocycles. The van der Waals surface area contributed by atoms with E-state index in [0.717, 1.165) is 31.3 Å². The lowest BCUT2D eigenvalue weighted by atomic mass is 10.3. The van der Waals surface area contributed by atoms with Crippen molar-refractivity contribution in [2.45, 2.75) is 0 Å². The lowest BCUT2D eigenvalue weighted by molar-refractivity contribution is 0.293. The maximum absolute atomic E-state index is 8.53. The lowest BCUT2D eigenvalue weighted by Gasteiger charge is -2.34. The molecule has 2 rings (SSSR count). The van der Waals surface area contributed by atoms with Gasteiger partial charge >= 0.3 is 0 Å². The van der Waals surface area contributed by atoms with Gasteiger partial charge < -0.3 is 20.7 Å². The highest BCUT2D eigenvalue weighted by molar-refractivity contribution is 7.13. The number of anilines is 1. The Morgan fingerprint density at radius 2 is 2.20 bits per heavy atom. The average Bonchev–Trinajstić information content (AvgIpc) is 2.82. The van der Waals surface area contributed by atoms with Crippen LogP contribution < -0.4 is 10.6 Å². The molecule has 0 radical (unpaired) electrons. The third-order valence-corrected chi connectivity index (χ3v) is 3.23. The van der Waals surface area contributed by atoms with Crippen molar-refractivity contribution in [3.8, 4) is 0 Å². The average molecular weight is 227 g/mol. The molecule has 0 unspecified atom stereocenters. The van der Waals surface area contributed by atoms with Gasteiger partial charge in [-0.05, 0) is 0 Å². The van der Waals surface area contributed by atoms with E-state index in [1.807, 2.05) is 10.3 Å². The standard InChI is InChI=1S/C8H13N5OS/c9-7(11-14)12-2-4-13(5-3-12)8-10-1-6-15-8/h1,6,14H,2-5H2,(H2,9,11). The van der Waals surface area contributed by atoms with Crippen LogP contribution in [0.5, 0.6) is 0 Å². The van der Waals surface area contributed by atoms with E-state index in [4.69, 9.17) is 10.9 Å². The number of thiazole rings is 1. The summed E-state index contributed by atoms with van der Waals surface area (Å²) in [6.45, 7) is 3.22. The molecule has 82 valence electrons. The molecule has 0 amide bonds. The van der Waals surface area contributed by atoms with Crippen LogP contribution in [0.25, 0.3) is 0 Å². The Kier molecular flexibility index (Phi) is 2.91. The molecule has 1 aromatic heterocycles. The molecule has 6 nitrogen and oxygen atoms in total. The van der Waals surface area contributed by atoms with Crippen LogP contribution in [0.3, 0.4) is 0 Å². The molecule has 7 heteroatoms. The van der Waals surface area contributed by atoms with Crippen LogP contribution in [-0.4, -0.2) is 47.2 Å². The fraction of sp³-hybridized carbons (Fsp3) is 0.500. The third kappa shape index (κ3) is 2.12. The molecule has 0 aromatic carbocycles. The minimum atomic E-state index is 0.189. The van der Waals surface area contributed by atoms with Crippen LogP contribution in [0.1, 0.15) is 0 Å². The first-order chi connectivity index (χ1) is 7.31. The molecule has 0 saturated carbocycles. The Morgan fingerprint density at radius 1 is 1.47 bits per heavy atom. The molecule has 1 saturated heterocycles. The van der Waals surface area contributed by atoms with Gasteiger partial charge in [0.05, 0.1) is 0 Å². The van der Waals surface area contributed by atoms with Gasteiger partial charge in [-0.2, -0.15) is 0 Å². The highest BCUT2D eigenvalue weighted by atomic mass is 32.1. The zero-order chi connectivity index (χ0) is 10.7. The van der Waals surface area contributed by atoms with E-state index >= 15 is 0 Å². The SMILES string of the molecule is NC(=NO)N1CCN(c2nccs2)CC1. The normalized spacial score (nSPS) is 18.3. The Labute approximate surface area is 91.6 Å². The van der Waals surface area contributed by atoms with E-state index in [9.17, 15) is 0 Å². The third-order valence-electron chi connectivity index (χ3n) is 2.40. The molecule has 1 aliphatic rings. The first-order valence-corrected chi connectivity index (χ1v) is 5.56. The molecule has 1 aromatic rings. The first kappa shape index (κ1) is 10.0. The van der Waals surface area contributed by atoms with Crippen molar-refractivity contribution in [1.82, 2.24) is 9.88 Å². The summed E-state index contributed by atoms with van der Waals surface area (Å²) in [6.07, 6.45) is 1.80. The van der Waals surface area contributed by atoms with E-state index in [0.29, 0.717) is 0 Å². The van der Waals surface area contributed by atoms with Gasteiger partial charge in [-0.15, -0.1) is 11.3 Å². The molecule has 2 heterocycles. The summed E-state index contributed by atoms with van der Waals surface area (Å²) in [7, 11) is 0. The quantitative estimate of drug-likeness (QED) is 0.305. The number of aromatic nitrogens is 1. The second kappa shape index (κ2) is 4.35. The van der Waals surface area contributed by atoms with Crippen molar-refractivity contribution >= 4 is 22.4 Å². The molecule has 1 fully saturated rings. The molecule has 0 spiro atoms. The molecule has 0 bridgehead atoms. The second-order valence-electron chi connectivity index (χ2n) is 3.25. The predicted octanol–water partition coefficient (Wildman–Crippen LogP) is -0.0310. The number of hydrogen-bond donors (Lipinski definition) is 2. The zero-order valence-electron chi connectivity index (χ0n) is 8.20. The number of hydrogen-bond acceptors (Lipinski definition) is 5. The summed E-state index contributed by atoms with van der Waals surface area (Å²) in [6, 6.07) is 0. The molecular formula is C8H13N5OS. The Hall–Kier alpha value is -1.50. The summed E-state index contributed by atoms with van der Waals surface area (Å²) in [5.41, 5.74) is 5.51. The van der Waals surface area contributed by atoms with E-state index in [2.05, 4.69) is 15.0 Å². The summed E-state index contributed by atoms with van der Waals surface area (Å²) >= 11 is 1.63. The summed E-state index contributed by atoms with van der Waals surface area (Å²) < 4.78 is 0. The highest BCUT2D eigenvalue weighted by Gasteiger charge is 2.19. The second-order valence-corrected chi connectivity index (χ2v) is 4.12. The van der Waals surface area contributed by atoms with Gasteiger partial charge in [-0.1, -0.05) is 5.16 Å². The van der Waals surface area contributed by atoms with Crippen LogP contribution in [0.2, 0.25) is 0 Å². The van der Waals surface area contributed by atoms with Crippen molar-refractivity contribution in [1.29, 1.82) is 0 Å². The van der Waals surface area contributed by atoms with Crippen molar-refractivity contribution in [3.05, 3.63) is 11.6 Å². The van der Waals surface area contributed by atoms with Gasteiger partial charge in [-0.25, -0.2) is 4.98 Å². The smallest absolute Gasteiger partial charge is 0.233 e. The Morgan fingerprint density at radius 3 is 2.73 bits per heavy atom. The maximum atomic E-state index is 8.53. The number of guanidine groups is 1. The largest absolute Gasteiger partial charge is 0.408 e. The number of nitrogens with zero attached hydrogens (tertiary/aromatic N) is 4. The fourth-order valence-corrected chi connectivity index (χ4v) is 2.26. The van der Waals surface area contributed by atoms with Gasteiger partial charge in [-0.3, -0.25) is 0 Å². The van der Waals surface area contributed by atoms with Gasteiger partial charge in [0.15, 0.2) is 5.13 Å². The van der Waals surface area contributed by atoms with Gasteiger partial charge in [0, 0.05) is 37.8 Å². The summed E-state index contributed by atoms with van der Waals surface area (Å²) in [5.74, 6) is 0.189. The van der Waals surface area contributed by atoms with Gasteiger partial charge in [0.2, 0.25) is 5.96 Å². The van der Waals surface area contributed by atoms with E-state index in [1.54, 1.807) is 17.5 Å². The highest BCUT2D eigenvalue weighted by Crippen LogP contribution is 2.18. The van der Waals surface area contributed by atoms with Crippen molar-refractivity contribution in [3.63, 3.8) is 0 Å². The molecule has 15 heavy (non-hydrogen) atoms. The molecule has 0 atom stereocenters. The maximum Gasteiger partial charge on any atom is 0.233 e. The van der Waals surface area contributed by atoms with E-state index in [1.165, 1.54) is 0 Å². The Balaban J connectivity index is 1.93. The number of piperazine rings is 1. The minimum Gasteiger partial charge on any atom is -0.408 e. The first-order valence-electron chi connectivity index (χ1n) is 4.68. The van der Waals surface area contributed by atoms with Crippen LogP contribution in [-0.2, 0) is 0 Å². The monoisotopic (exact) mass is 227 g/mol. The van der Waals surface area contributed by atoms with Crippen LogP contribution >= 0.6 is 11.3 Å². The molecular weight excluding hydrogens is 214 g/mol. The number of rotatable bonds is 1. The van der Waals surface area contributed by atoms with Crippen molar-refractivity contribution < 1.29 is 5.21 Å².